The minimum absolute atomic E-state index is 0.238. The van der Waals surface area contributed by atoms with Crippen LogP contribution in [-0.2, 0) is 11.2 Å². The Morgan fingerprint density at radius 2 is 2.12 bits per heavy atom. The molecule has 0 amide bonds. The van der Waals surface area contributed by atoms with E-state index in [4.69, 9.17) is 16.3 Å². The summed E-state index contributed by atoms with van der Waals surface area (Å²) in [6, 6.07) is 4.47. The van der Waals surface area contributed by atoms with Crippen LogP contribution in [0, 0.1) is 5.82 Å². The standard InChI is InChI=1S/C13H18ClFO2/c1-3-13(17-4-2)12(16)7-9-5-6-10(14)8-11(9)15/h5-6,8,12-13,16H,3-4,7H2,1-2H3. The van der Waals surface area contributed by atoms with Crippen LogP contribution in [0.3, 0.4) is 0 Å². The van der Waals surface area contributed by atoms with Crippen LogP contribution in [0.4, 0.5) is 4.39 Å². The normalized spacial score (nSPS) is 14.6. The highest BCUT2D eigenvalue weighted by molar-refractivity contribution is 6.30. The van der Waals surface area contributed by atoms with Gasteiger partial charge in [0, 0.05) is 18.1 Å². The maximum atomic E-state index is 13.5. The molecule has 0 aliphatic rings. The largest absolute Gasteiger partial charge is 0.390 e. The van der Waals surface area contributed by atoms with Gasteiger partial charge in [0.25, 0.3) is 0 Å². The second-order valence-electron chi connectivity index (χ2n) is 3.91. The van der Waals surface area contributed by atoms with E-state index in [0.717, 1.165) is 0 Å². The zero-order valence-electron chi connectivity index (χ0n) is 10.1. The third-order valence-corrected chi connectivity index (χ3v) is 2.89. The summed E-state index contributed by atoms with van der Waals surface area (Å²) >= 11 is 5.67. The molecule has 1 aromatic rings. The fourth-order valence-corrected chi connectivity index (χ4v) is 1.92. The number of aliphatic hydroxyl groups excluding tert-OH is 1. The van der Waals surface area contributed by atoms with E-state index in [1.807, 2.05) is 13.8 Å². The Labute approximate surface area is 106 Å². The van der Waals surface area contributed by atoms with Gasteiger partial charge >= 0.3 is 0 Å². The maximum absolute atomic E-state index is 13.5. The Morgan fingerprint density at radius 1 is 1.41 bits per heavy atom. The van der Waals surface area contributed by atoms with Crippen molar-refractivity contribution in [3.63, 3.8) is 0 Å². The van der Waals surface area contributed by atoms with Crippen molar-refractivity contribution in [3.05, 3.63) is 34.6 Å². The molecule has 4 heteroatoms. The maximum Gasteiger partial charge on any atom is 0.127 e. The van der Waals surface area contributed by atoms with Crippen LogP contribution in [0.2, 0.25) is 5.02 Å². The monoisotopic (exact) mass is 260 g/mol. The Bertz CT molecular complexity index is 357. The molecule has 96 valence electrons. The van der Waals surface area contributed by atoms with Crippen LogP contribution in [0.5, 0.6) is 0 Å². The molecule has 0 spiro atoms. The summed E-state index contributed by atoms with van der Waals surface area (Å²) < 4.78 is 18.9. The summed E-state index contributed by atoms with van der Waals surface area (Å²) in [6.07, 6.45) is -0.0168. The molecule has 0 aliphatic carbocycles. The summed E-state index contributed by atoms with van der Waals surface area (Å²) in [7, 11) is 0. The van der Waals surface area contributed by atoms with E-state index in [-0.39, 0.29) is 18.3 Å². The number of ether oxygens (including phenoxy) is 1. The zero-order chi connectivity index (χ0) is 12.8. The lowest BCUT2D eigenvalue weighted by Crippen LogP contribution is -2.30. The van der Waals surface area contributed by atoms with Crippen molar-refractivity contribution in [2.45, 2.75) is 38.9 Å². The first kappa shape index (κ1) is 14.4. The van der Waals surface area contributed by atoms with Gasteiger partial charge in [0.2, 0.25) is 0 Å². The minimum atomic E-state index is -0.698. The highest BCUT2D eigenvalue weighted by atomic mass is 35.5. The van der Waals surface area contributed by atoms with Gasteiger partial charge in [-0.1, -0.05) is 24.6 Å². The second-order valence-corrected chi connectivity index (χ2v) is 4.35. The molecule has 17 heavy (non-hydrogen) atoms. The predicted octanol–water partition coefficient (Wildman–Crippen LogP) is 3.20. The Balaban J connectivity index is 2.69. The lowest BCUT2D eigenvalue weighted by molar-refractivity contribution is -0.0337. The number of rotatable bonds is 6. The predicted molar refractivity (Wildman–Crippen MR) is 66.8 cm³/mol. The molecule has 2 nitrogen and oxygen atoms in total. The fourth-order valence-electron chi connectivity index (χ4n) is 1.76. The minimum Gasteiger partial charge on any atom is -0.390 e. The molecule has 0 bridgehead atoms. The quantitative estimate of drug-likeness (QED) is 0.851. The number of hydrogen-bond donors (Lipinski definition) is 1. The van der Waals surface area contributed by atoms with Gasteiger partial charge in [0.1, 0.15) is 5.82 Å². The van der Waals surface area contributed by atoms with E-state index in [1.54, 1.807) is 12.1 Å². The third kappa shape index (κ3) is 4.26. The SMILES string of the molecule is CCOC(CC)C(O)Cc1ccc(Cl)cc1F. The molecule has 1 rings (SSSR count). The summed E-state index contributed by atoms with van der Waals surface area (Å²) in [5, 5.41) is 10.3. The third-order valence-electron chi connectivity index (χ3n) is 2.66. The van der Waals surface area contributed by atoms with Crippen molar-refractivity contribution in [2.75, 3.05) is 6.61 Å². The van der Waals surface area contributed by atoms with E-state index >= 15 is 0 Å². The molecule has 2 unspecified atom stereocenters. The molecule has 0 saturated carbocycles. The van der Waals surface area contributed by atoms with Crippen molar-refractivity contribution in [1.82, 2.24) is 0 Å². The average Bonchev–Trinajstić information content (AvgIpc) is 2.29. The number of benzene rings is 1. The van der Waals surface area contributed by atoms with Crippen molar-refractivity contribution in [3.8, 4) is 0 Å². The lowest BCUT2D eigenvalue weighted by Gasteiger charge is -2.21. The summed E-state index contributed by atoms with van der Waals surface area (Å²) in [5.41, 5.74) is 0.458. The topological polar surface area (TPSA) is 29.5 Å². The van der Waals surface area contributed by atoms with Crippen molar-refractivity contribution >= 4 is 11.6 Å². The molecular formula is C13H18ClFO2. The molecule has 0 saturated heterocycles. The van der Waals surface area contributed by atoms with Gasteiger partial charge in [-0.2, -0.15) is 0 Å². The van der Waals surface area contributed by atoms with E-state index in [9.17, 15) is 9.50 Å². The van der Waals surface area contributed by atoms with Gasteiger partial charge in [0.15, 0.2) is 0 Å². The zero-order valence-corrected chi connectivity index (χ0v) is 10.9. The lowest BCUT2D eigenvalue weighted by atomic mass is 10.0. The second kappa shape index (κ2) is 6.94. The van der Waals surface area contributed by atoms with Crippen LogP contribution in [-0.4, -0.2) is 23.9 Å². The van der Waals surface area contributed by atoms with E-state index in [2.05, 4.69) is 0 Å². The van der Waals surface area contributed by atoms with Crippen molar-refractivity contribution in [1.29, 1.82) is 0 Å². The number of aliphatic hydroxyl groups is 1. The van der Waals surface area contributed by atoms with Gasteiger partial charge in [-0.15, -0.1) is 0 Å². The number of hydrogen-bond acceptors (Lipinski definition) is 2. The summed E-state index contributed by atoms with van der Waals surface area (Å²) in [4.78, 5) is 0. The van der Waals surface area contributed by atoms with Gasteiger partial charge in [-0.05, 0) is 31.0 Å². The van der Waals surface area contributed by atoms with E-state index in [0.29, 0.717) is 23.6 Å². The average molecular weight is 261 g/mol. The van der Waals surface area contributed by atoms with Gasteiger partial charge < -0.3 is 9.84 Å². The van der Waals surface area contributed by atoms with Crippen molar-refractivity contribution in [2.24, 2.45) is 0 Å². The van der Waals surface area contributed by atoms with Crippen molar-refractivity contribution < 1.29 is 14.2 Å². The van der Waals surface area contributed by atoms with Crippen LogP contribution < -0.4 is 0 Å². The molecule has 0 heterocycles. The van der Waals surface area contributed by atoms with E-state index < -0.39 is 6.10 Å². The first-order valence-corrected chi connectivity index (χ1v) is 6.19. The Morgan fingerprint density at radius 3 is 2.65 bits per heavy atom. The molecule has 1 N–H and O–H groups in total. The van der Waals surface area contributed by atoms with Crippen LogP contribution in [0.15, 0.2) is 18.2 Å². The molecule has 0 radical (unpaired) electrons. The van der Waals surface area contributed by atoms with Gasteiger partial charge in [-0.25, -0.2) is 4.39 Å². The molecule has 0 fully saturated rings. The molecule has 0 aromatic heterocycles. The van der Waals surface area contributed by atoms with Crippen LogP contribution in [0.25, 0.3) is 0 Å². The van der Waals surface area contributed by atoms with Gasteiger partial charge in [-0.3, -0.25) is 0 Å². The van der Waals surface area contributed by atoms with Crippen LogP contribution in [0.1, 0.15) is 25.8 Å². The summed E-state index contributed by atoms with van der Waals surface area (Å²) in [6.45, 7) is 4.35. The van der Waals surface area contributed by atoms with E-state index in [1.165, 1.54) is 6.07 Å². The molecule has 1 aromatic carbocycles. The van der Waals surface area contributed by atoms with Crippen LogP contribution >= 0.6 is 11.6 Å². The first-order valence-electron chi connectivity index (χ1n) is 5.82. The number of halogens is 2. The molecule has 2 atom stereocenters. The summed E-state index contributed by atoms with van der Waals surface area (Å²) in [5.74, 6) is -0.386. The first-order chi connectivity index (χ1) is 8.08. The highest BCUT2D eigenvalue weighted by Gasteiger charge is 2.19. The molecule has 0 aliphatic heterocycles. The Kier molecular flexibility index (Phi) is 5.89. The molecular weight excluding hydrogens is 243 g/mol. The smallest absolute Gasteiger partial charge is 0.127 e. The fraction of sp³-hybridized carbons (Fsp3) is 0.538. The van der Waals surface area contributed by atoms with Gasteiger partial charge in [0.05, 0.1) is 12.2 Å². The highest BCUT2D eigenvalue weighted by Crippen LogP contribution is 2.18. The Hall–Kier alpha value is -0.640.